The number of hydrogen-bond acceptors (Lipinski definition) is 3. The molecule has 1 aliphatic heterocycles. The first-order chi connectivity index (χ1) is 9.59. The smallest absolute Gasteiger partial charge is 0.326 e. The Bertz CT molecular complexity index is 475. The van der Waals surface area contributed by atoms with Gasteiger partial charge in [-0.15, -0.1) is 0 Å². The van der Waals surface area contributed by atoms with Gasteiger partial charge in [-0.05, 0) is 31.2 Å². The van der Waals surface area contributed by atoms with Crippen molar-refractivity contribution in [2.75, 3.05) is 6.54 Å². The summed E-state index contributed by atoms with van der Waals surface area (Å²) >= 11 is 0. The van der Waals surface area contributed by atoms with Crippen molar-refractivity contribution in [1.29, 1.82) is 0 Å². The lowest BCUT2D eigenvalue weighted by atomic mass is 9.99. The number of piperidine rings is 1. The summed E-state index contributed by atoms with van der Waals surface area (Å²) in [5, 5.41) is 9.19. The number of likely N-dealkylation sites (tertiary alicyclic amines) is 1. The lowest BCUT2D eigenvalue weighted by Crippen LogP contribution is -2.54. The van der Waals surface area contributed by atoms with Crippen LogP contribution in [0.25, 0.3) is 0 Å². The number of nitrogens with two attached hydrogens (primary N) is 1. The molecule has 0 spiro atoms. The fourth-order valence-corrected chi connectivity index (χ4v) is 2.62. The number of carbonyl (C=O) groups is 2. The zero-order valence-electron chi connectivity index (χ0n) is 11.4. The van der Waals surface area contributed by atoms with Gasteiger partial charge in [0.15, 0.2) is 0 Å². The zero-order valence-corrected chi connectivity index (χ0v) is 11.4. The fraction of sp³-hybridized carbons (Fsp3) is 0.467. The van der Waals surface area contributed by atoms with Crippen molar-refractivity contribution in [3.8, 4) is 0 Å². The lowest BCUT2D eigenvalue weighted by Gasteiger charge is -2.34. The molecule has 1 saturated heterocycles. The van der Waals surface area contributed by atoms with Crippen molar-refractivity contribution in [2.45, 2.75) is 37.8 Å². The Morgan fingerprint density at radius 2 is 2.00 bits per heavy atom. The zero-order chi connectivity index (χ0) is 14.5. The SMILES string of the molecule is N[C@H](Cc1ccccc1)C(=O)N1CCCC[C@H]1C(=O)O. The van der Waals surface area contributed by atoms with Gasteiger partial charge < -0.3 is 15.7 Å². The predicted molar refractivity (Wildman–Crippen MR) is 75.1 cm³/mol. The molecule has 108 valence electrons. The van der Waals surface area contributed by atoms with Crippen LogP contribution >= 0.6 is 0 Å². The van der Waals surface area contributed by atoms with E-state index in [2.05, 4.69) is 0 Å². The van der Waals surface area contributed by atoms with Gasteiger partial charge in [0.2, 0.25) is 5.91 Å². The number of nitrogens with zero attached hydrogens (tertiary/aromatic N) is 1. The third-order valence-corrected chi connectivity index (χ3v) is 3.69. The summed E-state index contributed by atoms with van der Waals surface area (Å²) in [5.41, 5.74) is 6.94. The molecule has 2 rings (SSSR count). The number of carbonyl (C=O) groups excluding carboxylic acids is 1. The number of aliphatic carboxylic acids is 1. The topological polar surface area (TPSA) is 83.6 Å². The fourth-order valence-electron chi connectivity index (χ4n) is 2.62. The van der Waals surface area contributed by atoms with Crippen LogP contribution in [0, 0.1) is 0 Å². The summed E-state index contributed by atoms with van der Waals surface area (Å²) in [6, 6.07) is 8.12. The van der Waals surface area contributed by atoms with Crippen LogP contribution in [0.2, 0.25) is 0 Å². The van der Waals surface area contributed by atoms with Gasteiger partial charge in [0, 0.05) is 6.54 Å². The predicted octanol–water partition coefficient (Wildman–Crippen LogP) is 1.02. The number of benzene rings is 1. The van der Waals surface area contributed by atoms with Gasteiger partial charge in [0.25, 0.3) is 0 Å². The molecule has 5 heteroatoms. The third kappa shape index (κ3) is 3.36. The van der Waals surface area contributed by atoms with Crippen molar-refractivity contribution in [3.05, 3.63) is 35.9 Å². The van der Waals surface area contributed by atoms with Crippen LogP contribution in [-0.2, 0) is 16.0 Å². The molecule has 20 heavy (non-hydrogen) atoms. The summed E-state index contributed by atoms with van der Waals surface area (Å²) in [6.07, 6.45) is 2.63. The average Bonchev–Trinajstić information content (AvgIpc) is 2.47. The highest BCUT2D eigenvalue weighted by molar-refractivity contribution is 5.87. The number of hydrogen-bond donors (Lipinski definition) is 2. The standard InChI is InChI=1S/C15H20N2O3/c16-12(10-11-6-2-1-3-7-11)14(18)17-9-5-4-8-13(17)15(19)20/h1-3,6-7,12-13H,4-5,8-10,16H2,(H,19,20)/t12-,13+/m1/s1. The van der Waals surface area contributed by atoms with Crippen molar-refractivity contribution in [1.82, 2.24) is 4.90 Å². The number of carboxylic acids is 1. The van der Waals surface area contributed by atoms with E-state index < -0.39 is 18.1 Å². The first-order valence-electron chi connectivity index (χ1n) is 6.92. The summed E-state index contributed by atoms with van der Waals surface area (Å²) in [4.78, 5) is 25.0. The second-order valence-corrected chi connectivity index (χ2v) is 5.18. The molecular weight excluding hydrogens is 256 g/mol. The monoisotopic (exact) mass is 276 g/mol. The van der Waals surface area contributed by atoms with E-state index in [-0.39, 0.29) is 5.91 Å². The molecular formula is C15H20N2O3. The van der Waals surface area contributed by atoms with Crippen LogP contribution in [0.3, 0.4) is 0 Å². The van der Waals surface area contributed by atoms with Crippen LogP contribution in [0.4, 0.5) is 0 Å². The molecule has 3 N–H and O–H groups in total. The first kappa shape index (κ1) is 14.5. The van der Waals surface area contributed by atoms with Crippen LogP contribution in [0.1, 0.15) is 24.8 Å². The normalized spacial score (nSPS) is 20.4. The molecule has 0 aromatic heterocycles. The molecule has 0 radical (unpaired) electrons. The minimum atomic E-state index is -0.940. The maximum Gasteiger partial charge on any atom is 0.326 e. The molecule has 0 unspecified atom stereocenters. The van der Waals surface area contributed by atoms with Crippen LogP contribution in [0.15, 0.2) is 30.3 Å². The van der Waals surface area contributed by atoms with E-state index in [0.29, 0.717) is 19.4 Å². The van der Waals surface area contributed by atoms with Gasteiger partial charge in [-0.1, -0.05) is 30.3 Å². The second kappa shape index (κ2) is 6.52. The van der Waals surface area contributed by atoms with E-state index in [1.54, 1.807) is 0 Å². The highest BCUT2D eigenvalue weighted by Crippen LogP contribution is 2.18. The summed E-state index contributed by atoms with van der Waals surface area (Å²) in [7, 11) is 0. The number of rotatable bonds is 4. The van der Waals surface area contributed by atoms with E-state index in [1.165, 1.54) is 4.90 Å². The molecule has 1 aromatic carbocycles. The van der Waals surface area contributed by atoms with Crippen molar-refractivity contribution in [2.24, 2.45) is 5.73 Å². The molecule has 0 aliphatic carbocycles. The third-order valence-electron chi connectivity index (χ3n) is 3.69. The molecule has 5 nitrogen and oxygen atoms in total. The van der Waals surface area contributed by atoms with E-state index in [4.69, 9.17) is 5.73 Å². The highest BCUT2D eigenvalue weighted by atomic mass is 16.4. The summed E-state index contributed by atoms with van der Waals surface area (Å²) in [6.45, 7) is 0.484. The van der Waals surface area contributed by atoms with Crippen LogP contribution in [0.5, 0.6) is 0 Å². The molecule has 1 fully saturated rings. The Morgan fingerprint density at radius 1 is 1.30 bits per heavy atom. The number of carboxylic acid groups (broad SMARTS) is 1. The Kier molecular flexibility index (Phi) is 4.74. The molecule has 1 aliphatic rings. The van der Waals surface area contributed by atoms with Gasteiger partial charge in [0.05, 0.1) is 6.04 Å². The molecule has 2 atom stereocenters. The van der Waals surface area contributed by atoms with Crippen LogP contribution < -0.4 is 5.73 Å². The molecule has 0 saturated carbocycles. The van der Waals surface area contributed by atoms with Crippen molar-refractivity contribution < 1.29 is 14.7 Å². The largest absolute Gasteiger partial charge is 0.480 e. The lowest BCUT2D eigenvalue weighted by molar-refractivity contribution is -0.152. The van der Waals surface area contributed by atoms with E-state index >= 15 is 0 Å². The van der Waals surface area contributed by atoms with Gasteiger partial charge in [-0.2, -0.15) is 0 Å². The first-order valence-corrected chi connectivity index (χ1v) is 6.92. The minimum Gasteiger partial charge on any atom is -0.480 e. The van der Waals surface area contributed by atoms with Gasteiger partial charge in [0.1, 0.15) is 6.04 Å². The van der Waals surface area contributed by atoms with E-state index in [0.717, 1.165) is 18.4 Å². The van der Waals surface area contributed by atoms with E-state index in [1.807, 2.05) is 30.3 Å². The molecule has 1 heterocycles. The highest BCUT2D eigenvalue weighted by Gasteiger charge is 2.34. The second-order valence-electron chi connectivity index (χ2n) is 5.18. The Balaban J connectivity index is 2.03. The summed E-state index contributed by atoms with van der Waals surface area (Å²) in [5.74, 6) is -1.20. The molecule has 0 bridgehead atoms. The van der Waals surface area contributed by atoms with Crippen molar-refractivity contribution in [3.63, 3.8) is 0 Å². The molecule has 1 amide bonds. The van der Waals surface area contributed by atoms with E-state index in [9.17, 15) is 14.7 Å². The van der Waals surface area contributed by atoms with Crippen molar-refractivity contribution >= 4 is 11.9 Å². The average molecular weight is 276 g/mol. The minimum absolute atomic E-state index is 0.263. The maximum atomic E-state index is 12.4. The molecule has 1 aromatic rings. The maximum absolute atomic E-state index is 12.4. The van der Waals surface area contributed by atoms with Gasteiger partial charge >= 0.3 is 5.97 Å². The summed E-state index contributed by atoms with van der Waals surface area (Å²) < 4.78 is 0. The van der Waals surface area contributed by atoms with Gasteiger partial charge in [-0.25, -0.2) is 4.79 Å². The Labute approximate surface area is 118 Å². The Morgan fingerprint density at radius 3 is 2.65 bits per heavy atom. The van der Waals surface area contributed by atoms with Crippen LogP contribution in [-0.4, -0.2) is 40.5 Å². The quantitative estimate of drug-likeness (QED) is 0.860. The number of amides is 1. The Hall–Kier alpha value is -1.88. The van der Waals surface area contributed by atoms with Gasteiger partial charge in [-0.3, -0.25) is 4.79 Å².